The molecule has 3 nitrogen and oxygen atoms in total. The monoisotopic (exact) mass is 360 g/mol. The normalized spacial score (nSPS) is 33.2. The van der Waals surface area contributed by atoms with Gasteiger partial charge in [-0.05, 0) is 43.2 Å². The molecule has 0 N–H and O–H groups in total. The highest BCUT2D eigenvalue weighted by Gasteiger charge is 2.51. The molecule has 140 valence electrons. The van der Waals surface area contributed by atoms with Crippen molar-refractivity contribution in [3.63, 3.8) is 0 Å². The van der Waals surface area contributed by atoms with Crippen LogP contribution in [-0.2, 0) is 11.4 Å². The molecule has 4 bridgehead atoms. The second-order valence-corrected chi connectivity index (χ2v) is 8.41. The topological polar surface area (TPSA) is 24.8 Å². The van der Waals surface area contributed by atoms with Gasteiger partial charge in [-0.15, -0.1) is 0 Å². The van der Waals surface area contributed by atoms with Gasteiger partial charge in [0.2, 0.25) is 0 Å². The molecule has 3 aliphatic heterocycles. The fourth-order valence-corrected chi connectivity index (χ4v) is 5.55. The van der Waals surface area contributed by atoms with E-state index in [0.29, 0.717) is 24.5 Å². The summed E-state index contributed by atoms with van der Waals surface area (Å²) in [4.78, 5) is 8.60. The van der Waals surface area contributed by atoms with E-state index in [0.717, 1.165) is 19.0 Å². The van der Waals surface area contributed by atoms with Crippen molar-refractivity contribution in [1.29, 1.82) is 0 Å². The second kappa shape index (κ2) is 7.12. The maximum absolute atomic E-state index is 5.83. The van der Waals surface area contributed by atoms with Gasteiger partial charge in [0.25, 0.3) is 0 Å². The van der Waals surface area contributed by atoms with Crippen LogP contribution in [0.15, 0.2) is 59.8 Å². The number of nitrogens with zero attached hydrogens (tertiary/aromatic N) is 2. The smallest absolute Gasteiger partial charge is 0.142 e. The van der Waals surface area contributed by atoms with Crippen molar-refractivity contribution in [2.24, 2.45) is 11.1 Å². The number of piperidine rings is 2. The maximum atomic E-state index is 5.83. The molecule has 5 rings (SSSR count). The summed E-state index contributed by atoms with van der Waals surface area (Å²) in [7, 11) is 0. The minimum Gasteiger partial charge on any atom is -0.391 e. The summed E-state index contributed by atoms with van der Waals surface area (Å²) in [6, 6.07) is 21.0. The van der Waals surface area contributed by atoms with Crippen molar-refractivity contribution in [2.75, 3.05) is 6.54 Å². The first-order valence-corrected chi connectivity index (χ1v) is 10.3. The van der Waals surface area contributed by atoms with Gasteiger partial charge in [-0.3, -0.25) is 4.90 Å². The van der Waals surface area contributed by atoms with Crippen LogP contribution in [0.4, 0.5) is 0 Å². The minimum absolute atomic E-state index is 0.510. The van der Waals surface area contributed by atoms with Gasteiger partial charge >= 0.3 is 0 Å². The van der Waals surface area contributed by atoms with Gasteiger partial charge in [-0.1, -0.05) is 65.3 Å². The Kier molecular flexibility index (Phi) is 4.48. The van der Waals surface area contributed by atoms with Crippen LogP contribution >= 0.6 is 0 Å². The lowest BCUT2D eigenvalue weighted by Gasteiger charge is -2.49. The van der Waals surface area contributed by atoms with Gasteiger partial charge in [0.15, 0.2) is 0 Å². The summed E-state index contributed by atoms with van der Waals surface area (Å²) < 4.78 is 0. The van der Waals surface area contributed by atoms with E-state index in [9.17, 15) is 0 Å². The Morgan fingerprint density at radius 1 is 1.04 bits per heavy atom. The number of hydrogen-bond acceptors (Lipinski definition) is 3. The molecule has 2 aromatic rings. The number of aryl methyl sites for hydroxylation is 1. The third-order valence-electron chi connectivity index (χ3n) is 6.84. The predicted octanol–water partition coefficient (Wildman–Crippen LogP) is 4.91. The Balaban J connectivity index is 1.40. The lowest BCUT2D eigenvalue weighted by molar-refractivity contribution is 0.0765. The van der Waals surface area contributed by atoms with Gasteiger partial charge in [0, 0.05) is 31.0 Å². The molecule has 27 heavy (non-hydrogen) atoms. The van der Waals surface area contributed by atoms with Gasteiger partial charge in [0.1, 0.15) is 6.61 Å². The first-order chi connectivity index (χ1) is 13.3. The fourth-order valence-electron chi connectivity index (χ4n) is 5.55. The maximum Gasteiger partial charge on any atom is 0.142 e. The van der Waals surface area contributed by atoms with E-state index in [1.807, 2.05) is 6.07 Å². The standard InChI is InChI=1S/C24H28N2O/c1-17-7-9-19(10-8-17)21-15-20-11-12-23-24(21)22(13-14-26(20)23)25-27-16-18-5-3-2-4-6-18/h2-10,20-21,23-24H,11-16H2,1H3/t20?,21-,23?,24?/m1/s1. The van der Waals surface area contributed by atoms with Gasteiger partial charge in [0.05, 0.1) is 5.71 Å². The molecule has 0 aliphatic carbocycles. The molecular formula is C24H28N2O. The van der Waals surface area contributed by atoms with E-state index in [-0.39, 0.29) is 0 Å². The Labute approximate surface area is 162 Å². The third kappa shape index (κ3) is 3.19. The highest BCUT2D eigenvalue weighted by Crippen LogP contribution is 2.50. The van der Waals surface area contributed by atoms with Crippen LogP contribution in [0.1, 0.15) is 48.3 Å². The molecule has 3 heteroatoms. The summed E-state index contributed by atoms with van der Waals surface area (Å²) in [5.41, 5.74) is 5.29. The molecular weight excluding hydrogens is 332 g/mol. The SMILES string of the molecule is Cc1ccc([C@H]2CC3CCC4C2C(=NOCc2ccccc2)CCN34)cc1. The van der Waals surface area contributed by atoms with E-state index in [1.54, 1.807) is 0 Å². The van der Waals surface area contributed by atoms with E-state index < -0.39 is 0 Å². The summed E-state index contributed by atoms with van der Waals surface area (Å²) in [6.07, 6.45) is 4.98. The lowest BCUT2D eigenvalue weighted by Crippen LogP contribution is -2.55. The molecule has 3 saturated heterocycles. The number of hydrogen-bond donors (Lipinski definition) is 0. The molecule has 3 fully saturated rings. The molecule has 4 unspecified atom stereocenters. The molecule has 3 aliphatic rings. The third-order valence-corrected chi connectivity index (χ3v) is 6.84. The Hall–Kier alpha value is -2.13. The van der Waals surface area contributed by atoms with Crippen molar-refractivity contribution in [3.05, 3.63) is 71.3 Å². The number of benzene rings is 2. The molecule has 0 aromatic heterocycles. The summed E-state index contributed by atoms with van der Waals surface area (Å²) in [6.45, 7) is 3.88. The van der Waals surface area contributed by atoms with E-state index in [4.69, 9.17) is 9.99 Å². The Bertz CT molecular complexity index is 814. The van der Waals surface area contributed by atoms with E-state index in [1.165, 1.54) is 41.7 Å². The molecule has 0 amide bonds. The summed E-state index contributed by atoms with van der Waals surface area (Å²) in [5, 5.41) is 4.70. The van der Waals surface area contributed by atoms with Gasteiger partial charge in [-0.2, -0.15) is 0 Å². The van der Waals surface area contributed by atoms with Crippen molar-refractivity contribution < 1.29 is 4.84 Å². The Morgan fingerprint density at radius 2 is 1.85 bits per heavy atom. The minimum atomic E-state index is 0.510. The molecule has 5 atom stereocenters. The van der Waals surface area contributed by atoms with Crippen LogP contribution in [0.3, 0.4) is 0 Å². The van der Waals surface area contributed by atoms with E-state index in [2.05, 4.69) is 60.4 Å². The lowest BCUT2D eigenvalue weighted by atomic mass is 9.71. The fraction of sp³-hybridized carbons (Fsp3) is 0.458. The first kappa shape index (κ1) is 17.0. The number of oxime groups is 1. The quantitative estimate of drug-likeness (QED) is 0.724. The van der Waals surface area contributed by atoms with Crippen LogP contribution in [0, 0.1) is 12.8 Å². The Morgan fingerprint density at radius 3 is 2.67 bits per heavy atom. The van der Waals surface area contributed by atoms with Crippen LogP contribution in [0.25, 0.3) is 0 Å². The second-order valence-electron chi connectivity index (χ2n) is 8.41. The summed E-state index contributed by atoms with van der Waals surface area (Å²) in [5.74, 6) is 1.09. The average Bonchev–Trinajstić information content (AvgIpc) is 2.99. The van der Waals surface area contributed by atoms with Crippen molar-refractivity contribution in [1.82, 2.24) is 4.90 Å². The molecule has 0 spiro atoms. The van der Waals surface area contributed by atoms with Gasteiger partial charge < -0.3 is 4.84 Å². The highest BCUT2D eigenvalue weighted by molar-refractivity contribution is 5.89. The summed E-state index contributed by atoms with van der Waals surface area (Å²) >= 11 is 0. The largest absolute Gasteiger partial charge is 0.391 e. The van der Waals surface area contributed by atoms with Crippen molar-refractivity contribution in [3.8, 4) is 0 Å². The van der Waals surface area contributed by atoms with Crippen molar-refractivity contribution >= 4 is 5.71 Å². The predicted molar refractivity (Wildman–Crippen MR) is 109 cm³/mol. The van der Waals surface area contributed by atoms with E-state index >= 15 is 0 Å². The number of rotatable bonds is 4. The molecule has 3 heterocycles. The average molecular weight is 361 g/mol. The van der Waals surface area contributed by atoms with Crippen LogP contribution in [-0.4, -0.2) is 29.2 Å². The first-order valence-electron chi connectivity index (χ1n) is 10.3. The zero-order chi connectivity index (χ0) is 18.2. The van der Waals surface area contributed by atoms with Crippen LogP contribution < -0.4 is 0 Å². The molecule has 2 aromatic carbocycles. The zero-order valence-electron chi connectivity index (χ0n) is 16.1. The zero-order valence-corrected chi connectivity index (χ0v) is 16.1. The van der Waals surface area contributed by atoms with Crippen LogP contribution in [0.5, 0.6) is 0 Å². The van der Waals surface area contributed by atoms with Crippen molar-refractivity contribution in [2.45, 2.75) is 57.2 Å². The molecule has 0 radical (unpaired) electrons. The van der Waals surface area contributed by atoms with Crippen LogP contribution in [0.2, 0.25) is 0 Å². The highest BCUT2D eigenvalue weighted by atomic mass is 16.6. The molecule has 0 saturated carbocycles. The van der Waals surface area contributed by atoms with Gasteiger partial charge in [-0.25, -0.2) is 0 Å².